The van der Waals surface area contributed by atoms with E-state index in [0.717, 1.165) is 5.56 Å². The largest absolute Gasteiger partial charge is 0.492 e. The minimum absolute atomic E-state index is 0.0161. The molecular weight excluding hydrogens is 264 g/mol. The molecular formula is C14H22O4S. The Morgan fingerprint density at radius 1 is 1.26 bits per heavy atom. The van der Waals surface area contributed by atoms with E-state index in [4.69, 9.17) is 4.74 Å². The van der Waals surface area contributed by atoms with E-state index in [1.165, 1.54) is 0 Å². The van der Waals surface area contributed by atoms with E-state index < -0.39 is 21.2 Å². The van der Waals surface area contributed by atoms with Crippen molar-refractivity contribution in [1.82, 2.24) is 0 Å². The molecule has 5 heteroatoms. The highest BCUT2D eigenvalue weighted by atomic mass is 32.2. The van der Waals surface area contributed by atoms with Gasteiger partial charge in [0, 0.05) is 5.56 Å². The van der Waals surface area contributed by atoms with Gasteiger partial charge in [0.2, 0.25) is 0 Å². The number of aliphatic hydroxyl groups excluding tert-OH is 1. The van der Waals surface area contributed by atoms with E-state index >= 15 is 0 Å². The summed E-state index contributed by atoms with van der Waals surface area (Å²) in [4.78, 5) is 0. The number of ether oxygens (including phenoxy) is 1. The summed E-state index contributed by atoms with van der Waals surface area (Å²) in [7, 11) is -3.10. The van der Waals surface area contributed by atoms with E-state index in [1.54, 1.807) is 26.8 Å². The number of hydrogen-bond acceptors (Lipinski definition) is 4. The number of rotatable bonds is 6. The maximum Gasteiger partial charge on any atom is 0.155 e. The molecule has 19 heavy (non-hydrogen) atoms. The average Bonchev–Trinajstić information content (AvgIpc) is 2.30. The van der Waals surface area contributed by atoms with Crippen LogP contribution in [-0.2, 0) is 9.84 Å². The van der Waals surface area contributed by atoms with Crippen molar-refractivity contribution in [2.24, 2.45) is 0 Å². The van der Waals surface area contributed by atoms with Crippen LogP contribution in [0, 0.1) is 6.92 Å². The van der Waals surface area contributed by atoms with Crippen LogP contribution in [-0.4, -0.2) is 31.1 Å². The van der Waals surface area contributed by atoms with Crippen LogP contribution >= 0.6 is 0 Å². The summed E-state index contributed by atoms with van der Waals surface area (Å²) >= 11 is 0. The van der Waals surface area contributed by atoms with Gasteiger partial charge < -0.3 is 9.84 Å². The van der Waals surface area contributed by atoms with E-state index in [0.29, 0.717) is 11.3 Å². The van der Waals surface area contributed by atoms with Gasteiger partial charge in [-0.3, -0.25) is 0 Å². The van der Waals surface area contributed by atoms with Crippen molar-refractivity contribution in [3.05, 3.63) is 29.3 Å². The van der Waals surface area contributed by atoms with Crippen LogP contribution in [0.25, 0.3) is 0 Å². The van der Waals surface area contributed by atoms with Crippen LogP contribution < -0.4 is 4.74 Å². The van der Waals surface area contributed by atoms with Gasteiger partial charge >= 0.3 is 0 Å². The second-order valence-corrected chi connectivity index (χ2v) is 7.66. The van der Waals surface area contributed by atoms with Crippen LogP contribution in [0.5, 0.6) is 5.75 Å². The molecule has 0 aromatic heterocycles. The monoisotopic (exact) mass is 286 g/mol. The van der Waals surface area contributed by atoms with Crippen molar-refractivity contribution >= 4 is 9.84 Å². The topological polar surface area (TPSA) is 63.6 Å². The first kappa shape index (κ1) is 16.0. The molecule has 0 aliphatic heterocycles. The average molecular weight is 286 g/mol. The van der Waals surface area contributed by atoms with Crippen molar-refractivity contribution in [1.29, 1.82) is 0 Å². The summed E-state index contributed by atoms with van der Waals surface area (Å²) in [5.74, 6) is 0.525. The van der Waals surface area contributed by atoms with Crippen LogP contribution in [0.1, 0.15) is 38.0 Å². The highest BCUT2D eigenvalue weighted by Crippen LogP contribution is 2.26. The van der Waals surface area contributed by atoms with Gasteiger partial charge in [0.25, 0.3) is 0 Å². The smallest absolute Gasteiger partial charge is 0.155 e. The molecule has 0 fully saturated rings. The van der Waals surface area contributed by atoms with Crippen molar-refractivity contribution in [3.63, 3.8) is 0 Å². The number of aliphatic hydroxyl groups is 1. The van der Waals surface area contributed by atoms with Gasteiger partial charge in [-0.1, -0.05) is 11.6 Å². The molecule has 0 radical (unpaired) electrons. The summed E-state index contributed by atoms with van der Waals surface area (Å²) in [5, 5.41) is 9.28. The summed E-state index contributed by atoms with van der Waals surface area (Å²) in [6, 6.07) is 5.48. The van der Waals surface area contributed by atoms with Gasteiger partial charge in [-0.25, -0.2) is 8.42 Å². The fourth-order valence-electron chi connectivity index (χ4n) is 1.63. The van der Waals surface area contributed by atoms with Crippen molar-refractivity contribution < 1.29 is 18.3 Å². The minimum atomic E-state index is -3.10. The number of sulfone groups is 1. The molecule has 108 valence electrons. The zero-order chi connectivity index (χ0) is 14.6. The molecule has 1 aromatic carbocycles. The first-order chi connectivity index (χ1) is 8.74. The first-order valence-electron chi connectivity index (χ1n) is 6.37. The van der Waals surface area contributed by atoms with Crippen molar-refractivity contribution in [2.75, 3.05) is 12.4 Å². The molecule has 1 unspecified atom stereocenters. The minimum Gasteiger partial charge on any atom is -0.492 e. The maximum atomic E-state index is 11.7. The van der Waals surface area contributed by atoms with Crippen molar-refractivity contribution in [3.8, 4) is 5.75 Å². The molecule has 0 saturated carbocycles. The summed E-state index contributed by atoms with van der Waals surface area (Å²) in [6.45, 7) is 7.00. The Kier molecular flexibility index (Phi) is 5.38. The SMILES string of the molecule is Cc1ccc(OCCS(=O)(=O)C(C)C)c(C(C)O)c1. The summed E-state index contributed by atoms with van der Waals surface area (Å²) in [6.07, 6.45) is -0.642. The Labute approximate surface area is 115 Å². The first-order valence-corrected chi connectivity index (χ1v) is 8.08. The predicted octanol–water partition coefficient (Wildman–Crippen LogP) is 2.25. The highest BCUT2D eigenvalue weighted by molar-refractivity contribution is 7.91. The fourth-order valence-corrected chi connectivity index (χ4v) is 2.42. The van der Waals surface area contributed by atoms with Gasteiger partial charge in [0.05, 0.1) is 17.1 Å². The Bertz CT molecular complexity index is 518. The second-order valence-electron chi connectivity index (χ2n) is 4.98. The lowest BCUT2D eigenvalue weighted by atomic mass is 10.1. The van der Waals surface area contributed by atoms with Crippen molar-refractivity contribution in [2.45, 2.75) is 39.0 Å². The standard InChI is InChI=1S/C14H22O4S/c1-10(2)19(16,17)8-7-18-14-6-5-11(3)9-13(14)12(4)15/h5-6,9-10,12,15H,7-8H2,1-4H3. The van der Waals surface area contributed by atoms with Crippen LogP contribution in [0.4, 0.5) is 0 Å². The van der Waals surface area contributed by atoms with Crippen LogP contribution in [0.2, 0.25) is 0 Å². The van der Waals surface area contributed by atoms with Gasteiger partial charge in [0.15, 0.2) is 9.84 Å². The molecule has 1 atom stereocenters. The third-order valence-electron chi connectivity index (χ3n) is 2.96. The van der Waals surface area contributed by atoms with Gasteiger partial charge in [-0.15, -0.1) is 0 Å². The van der Waals surface area contributed by atoms with E-state index in [1.807, 2.05) is 19.1 Å². The number of hydrogen-bond donors (Lipinski definition) is 1. The molecule has 1 aromatic rings. The lowest BCUT2D eigenvalue weighted by molar-refractivity contribution is 0.192. The molecule has 0 bridgehead atoms. The van der Waals surface area contributed by atoms with Crippen LogP contribution in [0.3, 0.4) is 0 Å². The Morgan fingerprint density at radius 3 is 2.42 bits per heavy atom. The van der Waals surface area contributed by atoms with Gasteiger partial charge in [-0.2, -0.15) is 0 Å². The highest BCUT2D eigenvalue weighted by Gasteiger charge is 2.16. The summed E-state index contributed by atoms with van der Waals surface area (Å²) < 4.78 is 28.8. The zero-order valence-corrected chi connectivity index (χ0v) is 12.7. The zero-order valence-electron chi connectivity index (χ0n) is 11.9. The number of aryl methyl sites for hydroxylation is 1. The van der Waals surface area contributed by atoms with Gasteiger partial charge in [0.1, 0.15) is 12.4 Å². The Hall–Kier alpha value is -1.07. The molecule has 0 aliphatic rings. The lowest BCUT2D eigenvalue weighted by Gasteiger charge is -2.15. The van der Waals surface area contributed by atoms with E-state index in [-0.39, 0.29) is 12.4 Å². The normalized spacial score (nSPS) is 13.6. The fraction of sp³-hybridized carbons (Fsp3) is 0.571. The summed E-state index contributed by atoms with van der Waals surface area (Å²) in [5.41, 5.74) is 1.71. The molecule has 1 rings (SSSR count). The predicted molar refractivity (Wildman–Crippen MR) is 76.2 cm³/mol. The lowest BCUT2D eigenvalue weighted by Crippen LogP contribution is -2.22. The molecule has 0 amide bonds. The number of benzene rings is 1. The van der Waals surface area contributed by atoms with E-state index in [9.17, 15) is 13.5 Å². The molecule has 0 aliphatic carbocycles. The van der Waals surface area contributed by atoms with E-state index in [2.05, 4.69) is 0 Å². The molecule has 0 saturated heterocycles. The van der Waals surface area contributed by atoms with Gasteiger partial charge in [-0.05, 0) is 39.8 Å². The quantitative estimate of drug-likeness (QED) is 0.871. The Balaban J connectivity index is 2.74. The Morgan fingerprint density at radius 2 is 1.89 bits per heavy atom. The molecule has 0 spiro atoms. The molecule has 0 heterocycles. The maximum absolute atomic E-state index is 11.7. The third kappa shape index (κ3) is 4.51. The second kappa shape index (κ2) is 6.39. The third-order valence-corrected chi connectivity index (χ3v) is 5.13. The molecule has 1 N–H and O–H groups in total. The molecule has 4 nitrogen and oxygen atoms in total. The van der Waals surface area contributed by atoms with Crippen LogP contribution in [0.15, 0.2) is 18.2 Å².